The standard InChI is InChI=1S/C12H15BNO5/c1-7-4-8(18-3-2-14)5-9-11(7)12(17,19-13-9)6-10(15)16/h4-5,17H,2-3,6,14H2,1H3,(H,15,16). The smallest absolute Gasteiger partial charge is 0.334 e. The monoisotopic (exact) mass is 264 g/mol. The third kappa shape index (κ3) is 2.73. The summed E-state index contributed by atoms with van der Waals surface area (Å²) in [7, 11) is 1.35. The van der Waals surface area contributed by atoms with Gasteiger partial charge in [-0.15, -0.1) is 0 Å². The van der Waals surface area contributed by atoms with E-state index in [1.165, 1.54) is 7.48 Å². The van der Waals surface area contributed by atoms with Crippen molar-refractivity contribution in [2.45, 2.75) is 19.1 Å². The molecular weight excluding hydrogens is 249 g/mol. The zero-order valence-electron chi connectivity index (χ0n) is 10.5. The minimum atomic E-state index is -1.81. The predicted molar refractivity (Wildman–Crippen MR) is 68.4 cm³/mol. The highest BCUT2D eigenvalue weighted by atomic mass is 16.6. The molecule has 1 aliphatic rings. The Kier molecular flexibility index (Phi) is 3.79. The molecule has 4 N–H and O–H groups in total. The molecule has 1 unspecified atom stereocenters. The van der Waals surface area contributed by atoms with Gasteiger partial charge in [-0.25, -0.2) is 0 Å². The van der Waals surface area contributed by atoms with Gasteiger partial charge in [0.1, 0.15) is 18.8 Å². The number of benzene rings is 1. The highest BCUT2D eigenvalue weighted by Gasteiger charge is 2.42. The number of aliphatic hydroxyl groups is 1. The van der Waals surface area contributed by atoms with Gasteiger partial charge < -0.3 is 25.3 Å². The number of hydrogen-bond donors (Lipinski definition) is 3. The minimum absolute atomic E-state index is 0.387. The number of fused-ring (bicyclic) bond motifs is 1. The van der Waals surface area contributed by atoms with Crippen molar-refractivity contribution in [3.63, 3.8) is 0 Å². The quantitative estimate of drug-likeness (QED) is 0.603. The second-order valence-electron chi connectivity index (χ2n) is 4.43. The van der Waals surface area contributed by atoms with Gasteiger partial charge >= 0.3 is 13.5 Å². The molecule has 1 heterocycles. The summed E-state index contributed by atoms with van der Waals surface area (Å²) < 4.78 is 10.5. The summed E-state index contributed by atoms with van der Waals surface area (Å²) in [6, 6.07) is 3.42. The highest BCUT2D eigenvalue weighted by Crippen LogP contribution is 2.33. The van der Waals surface area contributed by atoms with Gasteiger partial charge in [-0.2, -0.15) is 0 Å². The molecular formula is C12H15BNO5. The van der Waals surface area contributed by atoms with Crippen LogP contribution in [0.25, 0.3) is 0 Å². The lowest BCUT2D eigenvalue weighted by Crippen LogP contribution is -2.30. The third-order valence-corrected chi connectivity index (χ3v) is 2.89. The van der Waals surface area contributed by atoms with Crippen molar-refractivity contribution in [3.05, 3.63) is 23.3 Å². The van der Waals surface area contributed by atoms with Crippen molar-refractivity contribution in [1.82, 2.24) is 0 Å². The first-order chi connectivity index (χ1) is 8.96. The number of aliphatic carboxylic acids is 1. The molecule has 6 nitrogen and oxygen atoms in total. The number of carboxylic acid groups (broad SMARTS) is 1. The Morgan fingerprint density at radius 1 is 1.58 bits per heavy atom. The lowest BCUT2D eigenvalue weighted by Gasteiger charge is -2.24. The highest BCUT2D eigenvalue weighted by molar-refractivity contribution is 6.49. The Hall–Kier alpha value is -1.57. The van der Waals surface area contributed by atoms with Gasteiger partial charge in [0.2, 0.25) is 0 Å². The average Bonchev–Trinajstić information content (AvgIpc) is 2.63. The molecule has 2 rings (SSSR count). The van der Waals surface area contributed by atoms with Crippen LogP contribution in [0.3, 0.4) is 0 Å². The lowest BCUT2D eigenvalue weighted by molar-refractivity contribution is -0.169. The van der Waals surface area contributed by atoms with Crippen molar-refractivity contribution >= 4 is 18.9 Å². The van der Waals surface area contributed by atoms with E-state index in [4.69, 9.17) is 20.2 Å². The van der Waals surface area contributed by atoms with Crippen molar-refractivity contribution in [2.24, 2.45) is 5.73 Å². The number of carbonyl (C=O) groups is 1. The van der Waals surface area contributed by atoms with Crippen LogP contribution < -0.4 is 15.9 Å². The van der Waals surface area contributed by atoms with Crippen LogP contribution in [0.1, 0.15) is 17.5 Å². The second-order valence-corrected chi connectivity index (χ2v) is 4.43. The summed E-state index contributed by atoms with van der Waals surface area (Å²) in [5.41, 5.74) is 7.16. The average molecular weight is 264 g/mol. The van der Waals surface area contributed by atoms with E-state index in [0.29, 0.717) is 35.5 Å². The Bertz CT molecular complexity index is 507. The summed E-state index contributed by atoms with van der Waals surface area (Å²) in [6.07, 6.45) is -0.514. The van der Waals surface area contributed by atoms with Crippen LogP contribution in [0.5, 0.6) is 5.75 Å². The number of rotatable bonds is 5. The van der Waals surface area contributed by atoms with E-state index in [9.17, 15) is 9.90 Å². The normalized spacial score (nSPS) is 20.8. The summed E-state index contributed by atoms with van der Waals surface area (Å²) in [4.78, 5) is 10.8. The maximum Gasteiger partial charge on any atom is 0.334 e. The fourth-order valence-corrected chi connectivity index (χ4v) is 2.22. The van der Waals surface area contributed by atoms with Crippen LogP contribution in [0.4, 0.5) is 0 Å². The van der Waals surface area contributed by atoms with Crippen LogP contribution in [-0.4, -0.2) is 36.8 Å². The van der Waals surface area contributed by atoms with Crippen LogP contribution in [0, 0.1) is 6.92 Å². The van der Waals surface area contributed by atoms with E-state index in [1.807, 2.05) is 0 Å². The van der Waals surface area contributed by atoms with Gasteiger partial charge in [0.25, 0.3) is 0 Å². The van der Waals surface area contributed by atoms with Gasteiger partial charge in [-0.3, -0.25) is 4.79 Å². The van der Waals surface area contributed by atoms with Gasteiger partial charge in [0, 0.05) is 12.1 Å². The first-order valence-electron chi connectivity index (χ1n) is 5.89. The molecule has 0 saturated carbocycles. The molecule has 1 aromatic rings. The molecule has 101 valence electrons. The number of hydrogen-bond acceptors (Lipinski definition) is 5. The molecule has 0 bridgehead atoms. The fraction of sp³-hybridized carbons (Fsp3) is 0.417. The van der Waals surface area contributed by atoms with Crippen molar-refractivity contribution < 1.29 is 24.4 Å². The number of aryl methyl sites for hydroxylation is 1. The zero-order chi connectivity index (χ0) is 14.0. The van der Waals surface area contributed by atoms with Crippen molar-refractivity contribution in [2.75, 3.05) is 13.2 Å². The summed E-state index contributed by atoms with van der Waals surface area (Å²) >= 11 is 0. The Morgan fingerprint density at radius 3 is 2.95 bits per heavy atom. The maximum absolute atomic E-state index is 10.8. The number of carboxylic acids is 1. The molecule has 0 aromatic heterocycles. The van der Waals surface area contributed by atoms with Gasteiger partial charge in [-0.05, 0) is 30.1 Å². The first kappa shape index (κ1) is 13.9. The Labute approximate surface area is 111 Å². The number of ether oxygens (including phenoxy) is 1. The SMILES string of the molecule is Cc1cc(OCCN)cc2c1C(O)(CC(=O)O)O[B]2. The Balaban J connectivity index is 2.33. The van der Waals surface area contributed by atoms with Gasteiger partial charge in [0.15, 0.2) is 5.79 Å². The molecule has 0 spiro atoms. The zero-order valence-corrected chi connectivity index (χ0v) is 10.5. The largest absolute Gasteiger partial charge is 0.492 e. The van der Waals surface area contributed by atoms with E-state index in [1.54, 1.807) is 19.1 Å². The summed E-state index contributed by atoms with van der Waals surface area (Å²) in [5.74, 6) is -2.33. The van der Waals surface area contributed by atoms with Crippen LogP contribution in [-0.2, 0) is 15.2 Å². The van der Waals surface area contributed by atoms with E-state index in [2.05, 4.69) is 0 Å². The third-order valence-electron chi connectivity index (χ3n) is 2.89. The molecule has 0 fully saturated rings. The molecule has 19 heavy (non-hydrogen) atoms. The molecule has 0 saturated heterocycles. The minimum Gasteiger partial charge on any atom is -0.492 e. The van der Waals surface area contributed by atoms with Gasteiger partial charge in [-0.1, -0.05) is 0 Å². The molecule has 0 amide bonds. The topological polar surface area (TPSA) is 102 Å². The molecule has 1 radical (unpaired) electrons. The van der Waals surface area contributed by atoms with E-state index < -0.39 is 18.2 Å². The van der Waals surface area contributed by atoms with Crippen LogP contribution in [0.15, 0.2) is 12.1 Å². The predicted octanol–water partition coefficient (Wildman–Crippen LogP) is -0.773. The van der Waals surface area contributed by atoms with Crippen LogP contribution in [0.2, 0.25) is 0 Å². The van der Waals surface area contributed by atoms with Crippen molar-refractivity contribution in [3.8, 4) is 5.75 Å². The van der Waals surface area contributed by atoms with E-state index in [-0.39, 0.29) is 0 Å². The maximum atomic E-state index is 10.8. The van der Waals surface area contributed by atoms with E-state index >= 15 is 0 Å². The van der Waals surface area contributed by atoms with Crippen molar-refractivity contribution in [1.29, 1.82) is 0 Å². The summed E-state index contributed by atoms with van der Waals surface area (Å²) in [6.45, 7) is 2.56. The molecule has 1 aromatic carbocycles. The fourth-order valence-electron chi connectivity index (χ4n) is 2.22. The summed E-state index contributed by atoms with van der Waals surface area (Å²) in [5, 5.41) is 19.1. The molecule has 7 heteroatoms. The first-order valence-corrected chi connectivity index (χ1v) is 5.89. The second kappa shape index (κ2) is 5.20. The molecule has 0 aliphatic carbocycles. The van der Waals surface area contributed by atoms with E-state index in [0.717, 1.165) is 0 Å². The van der Waals surface area contributed by atoms with Crippen LogP contribution >= 0.6 is 0 Å². The number of nitrogens with two attached hydrogens (primary N) is 1. The molecule has 1 aliphatic heterocycles. The lowest BCUT2D eigenvalue weighted by atomic mass is 9.83. The Morgan fingerprint density at radius 2 is 2.32 bits per heavy atom. The van der Waals surface area contributed by atoms with Gasteiger partial charge in [0.05, 0.1) is 0 Å². The molecule has 1 atom stereocenters.